The fraction of sp³-hybridized carbons (Fsp3) is 0.667. The highest BCUT2D eigenvalue weighted by atomic mass is 16.5. The molecule has 1 aliphatic carbocycles. The molecule has 0 spiro atoms. The Hall–Kier alpha value is -2.32. The van der Waals surface area contributed by atoms with Gasteiger partial charge in [0, 0.05) is 37.8 Å². The van der Waals surface area contributed by atoms with Crippen molar-refractivity contribution in [1.29, 1.82) is 0 Å². The van der Waals surface area contributed by atoms with Crippen molar-refractivity contribution in [2.45, 2.75) is 51.6 Å². The highest BCUT2D eigenvalue weighted by Gasteiger charge is 2.28. The molecule has 178 valence electrons. The third-order valence-corrected chi connectivity index (χ3v) is 5.78. The zero-order chi connectivity index (χ0) is 22.8. The average molecular weight is 446 g/mol. The molecule has 0 unspecified atom stereocenters. The number of morpholine rings is 1. The van der Waals surface area contributed by atoms with Crippen LogP contribution in [0.25, 0.3) is 0 Å². The second kappa shape index (κ2) is 12.1. The first-order valence-electron chi connectivity index (χ1n) is 11.8. The molecule has 1 saturated carbocycles. The first-order chi connectivity index (χ1) is 15.5. The van der Waals surface area contributed by atoms with Crippen molar-refractivity contribution in [3.05, 3.63) is 29.8 Å². The Morgan fingerprint density at radius 1 is 1.19 bits per heavy atom. The van der Waals surface area contributed by atoms with E-state index in [1.807, 2.05) is 24.3 Å². The Morgan fingerprint density at radius 3 is 2.56 bits per heavy atom. The minimum atomic E-state index is -0.0483. The summed E-state index contributed by atoms with van der Waals surface area (Å²) in [6, 6.07) is 8.29. The van der Waals surface area contributed by atoms with Crippen LogP contribution >= 0.6 is 0 Å². The molecule has 1 aromatic carbocycles. The van der Waals surface area contributed by atoms with E-state index in [9.17, 15) is 4.79 Å². The number of guanidine groups is 1. The summed E-state index contributed by atoms with van der Waals surface area (Å²) in [6.07, 6.45) is 3.04. The molecule has 2 aliphatic rings. The molecule has 3 rings (SSSR count). The van der Waals surface area contributed by atoms with Crippen LogP contribution < -0.4 is 20.7 Å². The van der Waals surface area contributed by atoms with E-state index in [1.165, 1.54) is 5.56 Å². The van der Waals surface area contributed by atoms with Crippen LogP contribution in [0.1, 0.15) is 39.2 Å². The summed E-state index contributed by atoms with van der Waals surface area (Å²) in [5.41, 5.74) is 1.20. The number of aliphatic imine (C=N–C) groups is 1. The van der Waals surface area contributed by atoms with E-state index in [2.05, 4.69) is 41.6 Å². The fourth-order valence-corrected chi connectivity index (χ4v) is 3.61. The standard InChI is InChI=1S/C24H39N5O3/c1-4-25-23(27-18-24(2,3)29-13-15-31-16-14-29)26-12-11-19-5-9-21(10-6-19)32-17-22(30)28-20-7-8-20/h5-6,9-10,20H,4,7-8,11-18H2,1-3H3,(H,28,30)(H2,25,26,27). The molecule has 1 amide bonds. The number of nitrogens with one attached hydrogen (secondary N) is 3. The van der Waals surface area contributed by atoms with Gasteiger partial charge in [0.15, 0.2) is 12.6 Å². The van der Waals surface area contributed by atoms with Crippen LogP contribution in [0.2, 0.25) is 0 Å². The SMILES string of the molecule is CCNC(=NCC(C)(C)N1CCOCC1)NCCc1ccc(OCC(=O)NC2CC2)cc1. The van der Waals surface area contributed by atoms with Gasteiger partial charge in [-0.3, -0.25) is 14.7 Å². The molecule has 8 nitrogen and oxygen atoms in total. The van der Waals surface area contributed by atoms with Crippen LogP contribution in [0.4, 0.5) is 0 Å². The van der Waals surface area contributed by atoms with Crippen molar-refractivity contribution in [3.63, 3.8) is 0 Å². The van der Waals surface area contributed by atoms with Gasteiger partial charge < -0.3 is 25.4 Å². The number of carbonyl (C=O) groups is 1. The minimum Gasteiger partial charge on any atom is -0.484 e. The lowest BCUT2D eigenvalue weighted by Gasteiger charge is -2.39. The molecule has 8 heteroatoms. The molecular formula is C24H39N5O3. The van der Waals surface area contributed by atoms with E-state index in [1.54, 1.807) is 0 Å². The summed E-state index contributed by atoms with van der Waals surface area (Å²) >= 11 is 0. The Morgan fingerprint density at radius 2 is 1.91 bits per heavy atom. The van der Waals surface area contributed by atoms with Crippen molar-refractivity contribution in [2.24, 2.45) is 4.99 Å². The molecule has 0 radical (unpaired) electrons. The van der Waals surface area contributed by atoms with Gasteiger partial charge in [0.1, 0.15) is 5.75 Å². The number of amides is 1. The van der Waals surface area contributed by atoms with Gasteiger partial charge in [-0.15, -0.1) is 0 Å². The lowest BCUT2D eigenvalue weighted by Crippen LogP contribution is -2.52. The maximum Gasteiger partial charge on any atom is 0.258 e. The summed E-state index contributed by atoms with van der Waals surface area (Å²) in [6.45, 7) is 12.5. The predicted molar refractivity (Wildman–Crippen MR) is 127 cm³/mol. The number of rotatable bonds is 11. The topological polar surface area (TPSA) is 87.2 Å². The van der Waals surface area contributed by atoms with Gasteiger partial charge in [-0.2, -0.15) is 0 Å². The fourth-order valence-electron chi connectivity index (χ4n) is 3.61. The minimum absolute atomic E-state index is 0.00246. The molecule has 1 heterocycles. The molecule has 0 bridgehead atoms. The molecular weight excluding hydrogens is 406 g/mol. The van der Waals surface area contributed by atoms with Gasteiger partial charge in [0.05, 0.1) is 19.8 Å². The predicted octanol–water partition coefficient (Wildman–Crippen LogP) is 1.55. The Labute approximate surface area is 192 Å². The summed E-state index contributed by atoms with van der Waals surface area (Å²) in [4.78, 5) is 19.0. The van der Waals surface area contributed by atoms with E-state index in [0.29, 0.717) is 11.8 Å². The number of hydrogen-bond acceptors (Lipinski definition) is 5. The zero-order valence-electron chi connectivity index (χ0n) is 19.8. The van der Waals surface area contributed by atoms with Gasteiger partial charge in [0.25, 0.3) is 5.91 Å². The molecule has 0 aromatic heterocycles. The van der Waals surface area contributed by atoms with E-state index in [4.69, 9.17) is 14.5 Å². The number of benzene rings is 1. The summed E-state index contributed by atoms with van der Waals surface area (Å²) in [5, 5.41) is 9.70. The summed E-state index contributed by atoms with van der Waals surface area (Å²) < 4.78 is 11.0. The summed E-state index contributed by atoms with van der Waals surface area (Å²) in [7, 11) is 0. The molecule has 1 aromatic rings. The van der Waals surface area contributed by atoms with E-state index in [0.717, 1.165) is 71.2 Å². The normalized spacial score (nSPS) is 17.7. The quantitative estimate of drug-likeness (QED) is 0.354. The van der Waals surface area contributed by atoms with Gasteiger partial charge in [0.2, 0.25) is 0 Å². The number of nitrogens with zero attached hydrogens (tertiary/aromatic N) is 2. The van der Waals surface area contributed by atoms with Crippen LogP contribution in [0.5, 0.6) is 5.75 Å². The third kappa shape index (κ3) is 8.31. The van der Waals surface area contributed by atoms with Crippen molar-refractivity contribution < 1.29 is 14.3 Å². The maximum absolute atomic E-state index is 11.7. The van der Waals surface area contributed by atoms with Crippen molar-refractivity contribution in [3.8, 4) is 5.75 Å². The molecule has 3 N–H and O–H groups in total. The lowest BCUT2D eigenvalue weighted by molar-refractivity contribution is -0.123. The Kier molecular flexibility index (Phi) is 9.17. The Balaban J connectivity index is 1.41. The zero-order valence-corrected chi connectivity index (χ0v) is 19.8. The van der Waals surface area contributed by atoms with Crippen molar-refractivity contribution >= 4 is 11.9 Å². The van der Waals surface area contributed by atoms with E-state index in [-0.39, 0.29) is 18.1 Å². The molecule has 0 atom stereocenters. The number of carbonyl (C=O) groups excluding carboxylic acids is 1. The van der Waals surface area contributed by atoms with Crippen molar-refractivity contribution in [2.75, 3.05) is 52.5 Å². The van der Waals surface area contributed by atoms with Crippen molar-refractivity contribution in [1.82, 2.24) is 20.9 Å². The van der Waals surface area contributed by atoms with Crippen LogP contribution in [0.3, 0.4) is 0 Å². The van der Waals surface area contributed by atoms with Crippen LogP contribution in [0.15, 0.2) is 29.3 Å². The largest absolute Gasteiger partial charge is 0.484 e. The monoisotopic (exact) mass is 445 g/mol. The van der Waals surface area contributed by atoms with Crippen LogP contribution in [-0.4, -0.2) is 80.9 Å². The van der Waals surface area contributed by atoms with E-state index < -0.39 is 0 Å². The highest BCUT2D eigenvalue weighted by molar-refractivity contribution is 5.79. The summed E-state index contributed by atoms with van der Waals surface area (Å²) in [5.74, 6) is 1.51. The first-order valence-corrected chi connectivity index (χ1v) is 11.8. The highest BCUT2D eigenvalue weighted by Crippen LogP contribution is 2.19. The van der Waals surface area contributed by atoms with E-state index >= 15 is 0 Å². The second-order valence-corrected chi connectivity index (χ2v) is 9.06. The molecule has 2 fully saturated rings. The second-order valence-electron chi connectivity index (χ2n) is 9.06. The van der Waals surface area contributed by atoms with Crippen LogP contribution in [-0.2, 0) is 16.0 Å². The smallest absolute Gasteiger partial charge is 0.258 e. The average Bonchev–Trinajstić information content (AvgIpc) is 3.61. The van der Waals surface area contributed by atoms with Gasteiger partial charge in [-0.05, 0) is 57.7 Å². The maximum atomic E-state index is 11.7. The number of hydrogen-bond donors (Lipinski definition) is 3. The molecule has 1 aliphatic heterocycles. The van der Waals surface area contributed by atoms with Gasteiger partial charge >= 0.3 is 0 Å². The molecule has 32 heavy (non-hydrogen) atoms. The lowest BCUT2D eigenvalue weighted by atomic mass is 10.0. The van der Waals surface area contributed by atoms with Gasteiger partial charge in [-0.1, -0.05) is 12.1 Å². The molecule has 1 saturated heterocycles. The first kappa shape index (κ1) is 24.3. The Bertz CT molecular complexity index is 741. The van der Waals surface area contributed by atoms with Crippen LogP contribution in [0, 0.1) is 0 Å². The third-order valence-electron chi connectivity index (χ3n) is 5.78. The number of ether oxygens (including phenoxy) is 2. The van der Waals surface area contributed by atoms with Gasteiger partial charge in [-0.25, -0.2) is 0 Å².